The van der Waals surface area contributed by atoms with Crippen molar-refractivity contribution in [2.24, 2.45) is 5.41 Å². The fourth-order valence-electron chi connectivity index (χ4n) is 6.14. The fraction of sp³-hybridized carbons (Fsp3) is 0.792. The van der Waals surface area contributed by atoms with Crippen molar-refractivity contribution < 1.29 is 45.4 Å². The molecule has 0 saturated carbocycles. The second-order valence-electron chi connectivity index (χ2n) is 11.4. The van der Waals surface area contributed by atoms with Gasteiger partial charge in [-0.25, -0.2) is 9.78 Å². The Morgan fingerprint density at radius 3 is 2.28 bits per heavy atom. The molecule has 0 unspecified atom stereocenters. The van der Waals surface area contributed by atoms with Crippen LogP contribution in [0.5, 0.6) is 0 Å². The predicted octanol–water partition coefficient (Wildman–Crippen LogP) is 3.44. The number of amides is 2. The van der Waals surface area contributed by atoms with Gasteiger partial charge in [-0.15, -0.1) is 0 Å². The number of piperidine rings is 1. The number of alkyl halides is 6. The number of rotatable bonds is 4. The molecule has 218 valence electrons. The van der Waals surface area contributed by atoms with E-state index in [4.69, 9.17) is 4.74 Å². The lowest BCUT2D eigenvalue weighted by Crippen LogP contribution is -2.56. The Hall–Kier alpha value is -2.55. The van der Waals surface area contributed by atoms with Crippen LogP contribution in [0.3, 0.4) is 0 Å². The highest BCUT2D eigenvalue weighted by molar-refractivity contribution is 5.93. The molecule has 0 aliphatic carbocycles. The molecule has 5 heterocycles. The number of carbonyl (C=O) groups excluding carboxylic acids is 2. The maximum absolute atomic E-state index is 13.6. The number of nitrogens with zero attached hydrogens (tertiary/aromatic N) is 5. The van der Waals surface area contributed by atoms with Gasteiger partial charge in [-0.3, -0.25) is 9.69 Å². The summed E-state index contributed by atoms with van der Waals surface area (Å²) in [4.78, 5) is 35.2. The second-order valence-corrected chi connectivity index (χ2v) is 11.4. The lowest BCUT2D eigenvalue weighted by atomic mass is 9.85. The van der Waals surface area contributed by atoms with Gasteiger partial charge in [0.15, 0.2) is 0 Å². The number of likely N-dealkylation sites (tertiary alicyclic amines) is 2. The zero-order chi connectivity index (χ0) is 28.2. The minimum atomic E-state index is -5.77. The summed E-state index contributed by atoms with van der Waals surface area (Å²) in [6.45, 7) is 6.85. The molecule has 0 atom stereocenters. The number of imidazole rings is 1. The molecule has 0 bridgehead atoms. The first kappa shape index (κ1) is 28.0. The topological polar surface area (TPSA) is 80.1 Å². The zero-order valence-corrected chi connectivity index (χ0v) is 21.5. The molecule has 9 nitrogen and oxygen atoms in total. The smallest absolute Gasteiger partial charge is 0.426 e. The van der Waals surface area contributed by atoms with Crippen LogP contribution in [0.2, 0.25) is 0 Å². The van der Waals surface area contributed by atoms with Crippen LogP contribution in [0.15, 0.2) is 6.20 Å². The van der Waals surface area contributed by atoms with Gasteiger partial charge in [0, 0.05) is 56.4 Å². The van der Waals surface area contributed by atoms with E-state index in [-0.39, 0.29) is 37.3 Å². The van der Waals surface area contributed by atoms with Gasteiger partial charge in [-0.2, -0.15) is 26.3 Å². The molecule has 1 aromatic rings. The highest BCUT2D eigenvalue weighted by Crippen LogP contribution is 2.41. The minimum absolute atomic E-state index is 0.122. The highest BCUT2D eigenvalue weighted by Gasteiger charge is 2.60. The second kappa shape index (κ2) is 9.82. The summed E-state index contributed by atoms with van der Waals surface area (Å²) in [6, 6.07) is 0. The quantitative estimate of drug-likeness (QED) is 0.519. The first-order valence-electron chi connectivity index (χ1n) is 13.0. The Bertz CT molecular complexity index is 1080. The molecule has 3 saturated heterocycles. The molecular weight excluding hydrogens is 536 g/mol. The van der Waals surface area contributed by atoms with Crippen LogP contribution in [-0.4, -0.2) is 106 Å². The number of ether oxygens (including phenoxy) is 2. The molecule has 15 heteroatoms. The van der Waals surface area contributed by atoms with E-state index in [1.54, 1.807) is 11.1 Å². The molecule has 2 amide bonds. The van der Waals surface area contributed by atoms with Crippen LogP contribution in [-0.2, 0) is 22.6 Å². The molecule has 0 N–H and O–H groups in total. The molecule has 5 rings (SSSR count). The van der Waals surface area contributed by atoms with Gasteiger partial charge >= 0.3 is 18.4 Å². The molecule has 1 aromatic heterocycles. The predicted molar refractivity (Wildman–Crippen MR) is 123 cm³/mol. The first-order chi connectivity index (χ1) is 18.2. The number of hydrogen-bond acceptors (Lipinski definition) is 6. The maximum Gasteiger partial charge on any atom is 0.434 e. The molecule has 1 spiro atoms. The Morgan fingerprint density at radius 2 is 1.69 bits per heavy atom. The van der Waals surface area contributed by atoms with Crippen molar-refractivity contribution >= 4 is 12.0 Å². The summed E-state index contributed by atoms with van der Waals surface area (Å²) in [5, 5.41) is 0. The Morgan fingerprint density at radius 1 is 1.03 bits per heavy atom. The van der Waals surface area contributed by atoms with Gasteiger partial charge in [0.1, 0.15) is 11.5 Å². The zero-order valence-electron chi connectivity index (χ0n) is 21.5. The highest BCUT2D eigenvalue weighted by atomic mass is 19.4. The van der Waals surface area contributed by atoms with Gasteiger partial charge in [-0.05, 0) is 25.7 Å². The number of carbonyl (C=O) groups is 2. The van der Waals surface area contributed by atoms with E-state index in [2.05, 4.69) is 21.5 Å². The summed E-state index contributed by atoms with van der Waals surface area (Å²) in [7, 11) is 0. The summed E-state index contributed by atoms with van der Waals surface area (Å²) >= 11 is 0. The normalized spacial score (nSPS) is 23.2. The Labute approximate surface area is 221 Å². The minimum Gasteiger partial charge on any atom is -0.426 e. The van der Waals surface area contributed by atoms with E-state index in [0.717, 1.165) is 37.0 Å². The van der Waals surface area contributed by atoms with Crippen LogP contribution in [0, 0.1) is 5.41 Å². The third-order valence-corrected chi connectivity index (χ3v) is 8.21. The maximum atomic E-state index is 13.6. The van der Waals surface area contributed by atoms with Crippen molar-refractivity contribution in [3.05, 3.63) is 17.7 Å². The van der Waals surface area contributed by atoms with Gasteiger partial charge in [0.05, 0.1) is 19.8 Å². The lowest BCUT2D eigenvalue weighted by molar-refractivity contribution is -0.308. The van der Waals surface area contributed by atoms with E-state index < -0.39 is 30.1 Å². The van der Waals surface area contributed by atoms with Crippen LogP contribution in [0.4, 0.5) is 31.1 Å². The van der Waals surface area contributed by atoms with Gasteiger partial charge in [0.25, 0.3) is 12.0 Å². The third-order valence-electron chi connectivity index (χ3n) is 8.21. The van der Waals surface area contributed by atoms with Crippen LogP contribution in [0.1, 0.15) is 48.9 Å². The largest absolute Gasteiger partial charge is 0.434 e. The van der Waals surface area contributed by atoms with Crippen LogP contribution < -0.4 is 0 Å². The molecule has 4 aliphatic rings. The standard InChI is InChI=1S/C24H31F6N5O4/c1-21(14-38-15-21)13-32-9-10-34-11-16(31-17(34)12-32)18(36)35-6-2-3-22(35)4-7-33(8-5-22)20(37)39-19(23(25,26)27)24(28,29)30/h11,19H,2-10,12-15H2,1H3. The van der Waals surface area contributed by atoms with Crippen molar-refractivity contribution in [1.29, 1.82) is 0 Å². The Balaban J connectivity index is 1.21. The molecule has 0 radical (unpaired) electrons. The molecule has 4 aliphatic heterocycles. The van der Waals surface area contributed by atoms with E-state index in [1.807, 2.05) is 4.57 Å². The third kappa shape index (κ3) is 5.56. The number of fused-ring (bicyclic) bond motifs is 1. The van der Waals surface area contributed by atoms with Gasteiger partial charge < -0.3 is 23.8 Å². The van der Waals surface area contributed by atoms with Crippen molar-refractivity contribution in [2.45, 2.75) is 69.7 Å². The van der Waals surface area contributed by atoms with E-state index >= 15 is 0 Å². The van der Waals surface area contributed by atoms with Crippen LogP contribution in [0.25, 0.3) is 0 Å². The SMILES string of the molecule is CC1(CN2CCn3cc(C(=O)N4CCCC45CCN(C(=O)OC(C(F)(F)F)C(F)(F)F)CC5)nc3C2)COC1. The van der Waals surface area contributed by atoms with Crippen molar-refractivity contribution in [2.75, 3.05) is 45.9 Å². The van der Waals surface area contributed by atoms with E-state index in [1.165, 1.54) is 0 Å². The average molecular weight is 568 g/mol. The molecule has 39 heavy (non-hydrogen) atoms. The number of halogens is 6. The molecule has 3 fully saturated rings. The van der Waals surface area contributed by atoms with Gasteiger partial charge in [-0.1, -0.05) is 6.92 Å². The number of aromatic nitrogens is 2. The summed E-state index contributed by atoms with van der Waals surface area (Å²) in [5.41, 5.74) is -0.209. The van der Waals surface area contributed by atoms with Crippen LogP contribution >= 0.6 is 0 Å². The van der Waals surface area contributed by atoms with E-state index in [9.17, 15) is 35.9 Å². The van der Waals surface area contributed by atoms with E-state index in [0.29, 0.717) is 38.2 Å². The molecular formula is C24H31F6N5O4. The van der Waals surface area contributed by atoms with Crippen molar-refractivity contribution in [3.63, 3.8) is 0 Å². The van der Waals surface area contributed by atoms with Crippen molar-refractivity contribution in [1.82, 2.24) is 24.3 Å². The summed E-state index contributed by atoms with van der Waals surface area (Å²) < 4.78 is 88.0. The Kier molecular flexibility index (Phi) is 7.05. The fourth-order valence-corrected chi connectivity index (χ4v) is 6.14. The summed E-state index contributed by atoms with van der Waals surface area (Å²) in [6.07, 6.45) is -13.9. The summed E-state index contributed by atoms with van der Waals surface area (Å²) in [5.74, 6) is 0.536. The number of hydrogen-bond donors (Lipinski definition) is 0. The molecule has 0 aromatic carbocycles. The van der Waals surface area contributed by atoms with Gasteiger partial charge in [0.2, 0.25) is 0 Å². The van der Waals surface area contributed by atoms with Crippen molar-refractivity contribution in [3.8, 4) is 0 Å². The first-order valence-corrected chi connectivity index (χ1v) is 13.0. The average Bonchev–Trinajstić information content (AvgIpc) is 3.44. The lowest BCUT2D eigenvalue weighted by Gasteiger charge is -2.44. The monoisotopic (exact) mass is 567 g/mol.